The summed E-state index contributed by atoms with van der Waals surface area (Å²) in [7, 11) is 0. The number of aromatic nitrogens is 2. The van der Waals surface area contributed by atoms with Gasteiger partial charge in [-0.1, -0.05) is 42.5 Å². The van der Waals surface area contributed by atoms with Crippen molar-refractivity contribution in [1.29, 1.82) is 0 Å². The largest absolute Gasteiger partial charge is 0.478 e. The number of hydrogen-bond acceptors (Lipinski definition) is 3. The minimum Gasteiger partial charge on any atom is -0.478 e. The summed E-state index contributed by atoms with van der Waals surface area (Å²) < 4.78 is 0. The van der Waals surface area contributed by atoms with Crippen molar-refractivity contribution in [3.63, 3.8) is 0 Å². The van der Waals surface area contributed by atoms with Crippen LogP contribution in [0.4, 0.5) is 0 Å². The maximum atomic E-state index is 11.4. The van der Waals surface area contributed by atoms with E-state index in [1.54, 1.807) is 12.1 Å². The summed E-state index contributed by atoms with van der Waals surface area (Å²) in [6.45, 7) is 2.95. The minimum absolute atomic E-state index is 0.332. The van der Waals surface area contributed by atoms with Crippen LogP contribution in [-0.4, -0.2) is 39.0 Å². The molecule has 1 fully saturated rings. The topological polar surface area (TPSA) is 69.2 Å². The molecule has 4 aromatic rings. The molecule has 1 aliphatic rings. The molecule has 0 saturated carbocycles. The molecule has 0 amide bonds. The molecule has 0 radical (unpaired) electrons. The van der Waals surface area contributed by atoms with Gasteiger partial charge in [0, 0.05) is 42.8 Å². The van der Waals surface area contributed by atoms with Crippen molar-refractivity contribution in [3.8, 4) is 11.1 Å². The Morgan fingerprint density at radius 1 is 1.07 bits per heavy atom. The number of aromatic carboxylic acids is 1. The zero-order chi connectivity index (χ0) is 19.8. The summed E-state index contributed by atoms with van der Waals surface area (Å²) in [4.78, 5) is 21.7. The first-order chi connectivity index (χ1) is 14.2. The molecular formula is C24H21N3O2. The van der Waals surface area contributed by atoms with Crippen molar-refractivity contribution in [3.05, 3.63) is 89.7 Å². The number of benzene rings is 2. The van der Waals surface area contributed by atoms with E-state index >= 15 is 0 Å². The fourth-order valence-corrected chi connectivity index (χ4v) is 4.06. The summed E-state index contributed by atoms with van der Waals surface area (Å²) in [5, 5.41) is 10.6. The summed E-state index contributed by atoms with van der Waals surface area (Å²) >= 11 is 0. The minimum atomic E-state index is -0.900. The number of aromatic amines is 1. The maximum absolute atomic E-state index is 11.4. The molecule has 5 heteroatoms. The predicted octanol–water partition coefficient (Wildman–Crippen LogP) is 4.53. The van der Waals surface area contributed by atoms with E-state index in [1.165, 1.54) is 11.3 Å². The molecule has 29 heavy (non-hydrogen) atoms. The normalized spacial score (nSPS) is 14.8. The molecule has 144 valence electrons. The quantitative estimate of drug-likeness (QED) is 0.531. The average Bonchev–Trinajstić information content (AvgIpc) is 3.14. The number of nitrogens with one attached hydrogen (secondary N) is 1. The Bertz CT molecular complexity index is 1140. The summed E-state index contributed by atoms with van der Waals surface area (Å²) in [5.74, 6) is -0.380. The molecule has 2 N–H and O–H groups in total. The van der Waals surface area contributed by atoms with Crippen LogP contribution in [0.3, 0.4) is 0 Å². The highest BCUT2D eigenvalue weighted by Crippen LogP contribution is 2.30. The number of carboxylic acids is 1. The zero-order valence-electron chi connectivity index (χ0n) is 15.9. The fourth-order valence-electron chi connectivity index (χ4n) is 4.06. The van der Waals surface area contributed by atoms with Crippen molar-refractivity contribution < 1.29 is 9.90 Å². The number of nitrogens with zero attached hydrogens (tertiary/aromatic N) is 2. The Hall–Kier alpha value is -3.44. The highest BCUT2D eigenvalue weighted by molar-refractivity contribution is 5.96. The lowest BCUT2D eigenvalue weighted by atomic mass is 9.95. The van der Waals surface area contributed by atoms with E-state index in [4.69, 9.17) is 0 Å². The molecule has 1 saturated heterocycles. The number of carboxylic acid groups (broad SMARTS) is 1. The van der Waals surface area contributed by atoms with Crippen LogP contribution < -0.4 is 0 Å². The lowest BCUT2D eigenvalue weighted by Gasteiger charge is -2.39. The number of fused-ring (bicyclic) bond motifs is 1. The van der Waals surface area contributed by atoms with Crippen LogP contribution in [0, 0.1) is 0 Å². The Morgan fingerprint density at radius 2 is 1.86 bits per heavy atom. The molecule has 0 aliphatic carbocycles. The van der Waals surface area contributed by atoms with Crippen molar-refractivity contribution in [2.45, 2.75) is 12.5 Å². The molecule has 5 nitrogen and oxygen atoms in total. The van der Waals surface area contributed by atoms with E-state index < -0.39 is 5.97 Å². The van der Waals surface area contributed by atoms with Crippen molar-refractivity contribution in [2.24, 2.45) is 0 Å². The van der Waals surface area contributed by atoms with Gasteiger partial charge < -0.3 is 10.1 Å². The van der Waals surface area contributed by atoms with E-state index in [-0.39, 0.29) is 0 Å². The number of hydrogen-bond donors (Lipinski definition) is 2. The fraction of sp³-hybridized carbons (Fsp3) is 0.167. The standard InChI is InChI=1S/C24H21N3O2/c28-24(29)21-6-2-1-5-20(21)17-9-7-16(8-10-17)13-27-14-19(15-27)22-12-18-4-3-11-25-23(18)26-22/h1-12,19H,13-15H2,(H,25,26)(H,28,29). The summed E-state index contributed by atoms with van der Waals surface area (Å²) in [5.41, 5.74) is 5.47. The van der Waals surface area contributed by atoms with Crippen LogP contribution in [0.25, 0.3) is 22.2 Å². The van der Waals surface area contributed by atoms with Crippen LogP contribution >= 0.6 is 0 Å². The molecule has 2 aromatic heterocycles. The van der Waals surface area contributed by atoms with Crippen molar-refractivity contribution in [2.75, 3.05) is 13.1 Å². The zero-order valence-corrected chi connectivity index (χ0v) is 15.9. The van der Waals surface area contributed by atoms with Crippen LogP contribution in [0.15, 0.2) is 72.9 Å². The van der Waals surface area contributed by atoms with Gasteiger partial charge in [0.2, 0.25) is 0 Å². The molecule has 0 atom stereocenters. The number of carbonyl (C=O) groups is 1. The third kappa shape index (κ3) is 3.41. The van der Waals surface area contributed by atoms with Crippen molar-refractivity contribution >= 4 is 17.0 Å². The Labute approximate surface area is 168 Å². The average molecular weight is 383 g/mol. The molecule has 3 heterocycles. The summed E-state index contributed by atoms with van der Waals surface area (Å²) in [6, 6.07) is 21.6. The molecule has 1 aliphatic heterocycles. The number of H-pyrrole nitrogens is 1. The second-order valence-electron chi connectivity index (χ2n) is 7.60. The molecule has 2 aromatic carbocycles. The van der Waals surface area contributed by atoms with E-state index in [0.717, 1.165) is 41.8 Å². The van der Waals surface area contributed by atoms with Gasteiger partial charge in [-0.15, -0.1) is 0 Å². The third-order valence-corrected chi connectivity index (χ3v) is 5.64. The van der Waals surface area contributed by atoms with Gasteiger partial charge in [0.15, 0.2) is 0 Å². The van der Waals surface area contributed by atoms with Crippen molar-refractivity contribution in [1.82, 2.24) is 14.9 Å². The monoisotopic (exact) mass is 383 g/mol. The first-order valence-electron chi connectivity index (χ1n) is 9.75. The van der Waals surface area contributed by atoms with Crippen LogP contribution in [0.2, 0.25) is 0 Å². The number of pyridine rings is 1. The molecule has 0 bridgehead atoms. The van der Waals surface area contributed by atoms with E-state index in [2.05, 4.69) is 39.1 Å². The van der Waals surface area contributed by atoms with E-state index in [9.17, 15) is 9.90 Å². The van der Waals surface area contributed by atoms with E-state index in [0.29, 0.717) is 11.5 Å². The maximum Gasteiger partial charge on any atom is 0.336 e. The lowest BCUT2D eigenvalue weighted by molar-refractivity contribution is 0.0697. The number of likely N-dealkylation sites (tertiary alicyclic amines) is 1. The highest BCUT2D eigenvalue weighted by Gasteiger charge is 2.29. The van der Waals surface area contributed by atoms with Gasteiger partial charge in [-0.2, -0.15) is 0 Å². The Kier molecular flexibility index (Phi) is 4.37. The van der Waals surface area contributed by atoms with Crippen LogP contribution in [-0.2, 0) is 6.54 Å². The first-order valence-corrected chi connectivity index (χ1v) is 9.75. The van der Waals surface area contributed by atoms with Crippen LogP contribution in [0.1, 0.15) is 27.5 Å². The Morgan fingerprint density at radius 3 is 2.62 bits per heavy atom. The first kappa shape index (κ1) is 17.6. The van der Waals surface area contributed by atoms with Gasteiger partial charge in [-0.05, 0) is 41.0 Å². The van der Waals surface area contributed by atoms with Gasteiger partial charge >= 0.3 is 5.97 Å². The summed E-state index contributed by atoms with van der Waals surface area (Å²) in [6.07, 6.45) is 1.81. The van der Waals surface area contributed by atoms with Gasteiger partial charge in [-0.3, -0.25) is 4.90 Å². The van der Waals surface area contributed by atoms with Gasteiger partial charge in [0.1, 0.15) is 5.65 Å². The van der Waals surface area contributed by atoms with Crippen LogP contribution in [0.5, 0.6) is 0 Å². The van der Waals surface area contributed by atoms with E-state index in [1.807, 2.05) is 36.5 Å². The molecule has 0 unspecified atom stereocenters. The van der Waals surface area contributed by atoms with Gasteiger partial charge in [0.05, 0.1) is 5.56 Å². The lowest BCUT2D eigenvalue weighted by Crippen LogP contribution is -2.44. The third-order valence-electron chi connectivity index (χ3n) is 5.64. The molecular weight excluding hydrogens is 362 g/mol. The predicted molar refractivity (Wildman–Crippen MR) is 113 cm³/mol. The second kappa shape index (κ2) is 7.18. The molecule has 5 rings (SSSR count). The molecule has 0 spiro atoms. The SMILES string of the molecule is O=C(O)c1ccccc1-c1ccc(CN2CC(c3cc4cccnc4[nH]3)C2)cc1. The smallest absolute Gasteiger partial charge is 0.336 e. The highest BCUT2D eigenvalue weighted by atomic mass is 16.4. The van der Waals surface area contributed by atoms with Gasteiger partial charge in [-0.25, -0.2) is 9.78 Å². The Balaban J connectivity index is 1.24. The number of rotatable bonds is 5. The van der Waals surface area contributed by atoms with Gasteiger partial charge in [0.25, 0.3) is 0 Å². The second-order valence-corrected chi connectivity index (χ2v) is 7.60.